The Morgan fingerprint density at radius 3 is 2.64 bits per heavy atom. The molecule has 28 heavy (non-hydrogen) atoms. The molecular formula is C23H31NO4. The van der Waals surface area contributed by atoms with Gasteiger partial charge in [-0.1, -0.05) is 29.8 Å². The number of aliphatic hydroxyl groups is 1. The predicted molar refractivity (Wildman–Crippen MR) is 110 cm³/mol. The van der Waals surface area contributed by atoms with Crippen LogP contribution in [-0.4, -0.2) is 55.6 Å². The monoisotopic (exact) mass is 385 g/mol. The van der Waals surface area contributed by atoms with Crippen LogP contribution in [0.25, 0.3) is 0 Å². The molecule has 0 unspecified atom stereocenters. The van der Waals surface area contributed by atoms with Crippen molar-refractivity contribution in [1.82, 2.24) is 4.90 Å². The summed E-state index contributed by atoms with van der Waals surface area (Å²) in [6.07, 6.45) is 1.88. The lowest BCUT2D eigenvalue weighted by Crippen LogP contribution is -2.39. The van der Waals surface area contributed by atoms with Crippen LogP contribution in [0.15, 0.2) is 48.5 Å². The van der Waals surface area contributed by atoms with Gasteiger partial charge < -0.3 is 19.3 Å². The van der Waals surface area contributed by atoms with Crippen LogP contribution in [0.5, 0.6) is 11.5 Å². The number of hydrogen-bond acceptors (Lipinski definition) is 5. The zero-order valence-electron chi connectivity index (χ0n) is 16.8. The highest BCUT2D eigenvalue weighted by Crippen LogP contribution is 2.18. The van der Waals surface area contributed by atoms with Crippen LogP contribution in [0.4, 0.5) is 0 Å². The van der Waals surface area contributed by atoms with E-state index in [0.717, 1.165) is 44.0 Å². The van der Waals surface area contributed by atoms with Crippen LogP contribution in [0, 0.1) is 6.92 Å². The fourth-order valence-electron chi connectivity index (χ4n) is 3.56. The number of ether oxygens (including phenoxy) is 3. The van der Waals surface area contributed by atoms with Crippen molar-refractivity contribution in [2.45, 2.75) is 38.5 Å². The first-order valence-electron chi connectivity index (χ1n) is 9.97. The maximum Gasteiger partial charge on any atom is 0.119 e. The highest BCUT2D eigenvalue weighted by molar-refractivity contribution is 5.31. The molecule has 0 radical (unpaired) electrons. The van der Waals surface area contributed by atoms with Crippen molar-refractivity contribution in [3.63, 3.8) is 0 Å². The van der Waals surface area contributed by atoms with Crippen LogP contribution in [0.1, 0.15) is 24.0 Å². The van der Waals surface area contributed by atoms with Gasteiger partial charge in [0, 0.05) is 26.2 Å². The number of hydrogen-bond donors (Lipinski definition) is 1. The Kier molecular flexibility index (Phi) is 7.71. The van der Waals surface area contributed by atoms with E-state index in [1.807, 2.05) is 24.3 Å². The molecule has 0 saturated carbocycles. The smallest absolute Gasteiger partial charge is 0.119 e. The Labute approximate surface area is 167 Å². The van der Waals surface area contributed by atoms with E-state index < -0.39 is 6.10 Å². The molecule has 2 atom stereocenters. The molecule has 0 aromatic heterocycles. The van der Waals surface area contributed by atoms with Gasteiger partial charge in [-0.15, -0.1) is 0 Å². The Balaban J connectivity index is 1.55. The molecule has 0 spiro atoms. The molecule has 0 aliphatic carbocycles. The molecule has 1 aliphatic heterocycles. The standard InChI is InChI=1S/C23H31NO4/c1-18-5-3-6-19(13-18)14-24(16-23-7-4-12-27-23)15-20(25)17-28-22-10-8-21(26-2)9-11-22/h3,5-6,8-11,13,20,23,25H,4,7,12,14-17H2,1-2H3/t20-,23+/m1/s1. The van der Waals surface area contributed by atoms with Crippen molar-refractivity contribution in [3.8, 4) is 11.5 Å². The van der Waals surface area contributed by atoms with Crippen molar-refractivity contribution in [2.24, 2.45) is 0 Å². The van der Waals surface area contributed by atoms with E-state index in [4.69, 9.17) is 14.2 Å². The molecule has 3 rings (SSSR count). The first-order chi connectivity index (χ1) is 13.6. The highest BCUT2D eigenvalue weighted by atomic mass is 16.5. The molecule has 1 saturated heterocycles. The second kappa shape index (κ2) is 10.5. The summed E-state index contributed by atoms with van der Waals surface area (Å²) in [5.74, 6) is 1.51. The lowest BCUT2D eigenvalue weighted by Gasteiger charge is -2.27. The van der Waals surface area contributed by atoms with Crippen LogP contribution in [0.2, 0.25) is 0 Å². The Bertz CT molecular complexity index is 713. The lowest BCUT2D eigenvalue weighted by molar-refractivity contribution is 0.0313. The third-order valence-electron chi connectivity index (χ3n) is 4.95. The van der Waals surface area contributed by atoms with Crippen LogP contribution < -0.4 is 9.47 Å². The molecule has 5 nitrogen and oxygen atoms in total. The Morgan fingerprint density at radius 2 is 1.96 bits per heavy atom. The number of benzene rings is 2. The zero-order chi connectivity index (χ0) is 19.8. The third kappa shape index (κ3) is 6.51. The Hall–Kier alpha value is -2.08. The molecule has 1 aliphatic rings. The zero-order valence-corrected chi connectivity index (χ0v) is 16.8. The number of rotatable bonds is 10. The minimum absolute atomic E-state index is 0.250. The molecule has 0 amide bonds. The average molecular weight is 386 g/mol. The maximum absolute atomic E-state index is 10.6. The summed E-state index contributed by atoms with van der Waals surface area (Å²) < 4.78 is 16.7. The van der Waals surface area contributed by atoms with E-state index in [9.17, 15) is 5.11 Å². The molecular weight excluding hydrogens is 354 g/mol. The lowest BCUT2D eigenvalue weighted by atomic mass is 10.1. The molecule has 1 N–H and O–H groups in total. The topological polar surface area (TPSA) is 51.2 Å². The largest absolute Gasteiger partial charge is 0.497 e. The highest BCUT2D eigenvalue weighted by Gasteiger charge is 2.21. The van der Waals surface area contributed by atoms with Crippen molar-refractivity contribution in [3.05, 3.63) is 59.7 Å². The fourth-order valence-corrected chi connectivity index (χ4v) is 3.56. The molecule has 5 heteroatoms. The summed E-state index contributed by atoms with van der Waals surface area (Å²) in [7, 11) is 1.64. The van der Waals surface area contributed by atoms with E-state index in [1.54, 1.807) is 7.11 Å². The van der Waals surface area contributed by atoms with Crippen molar-refractivity contribution >= 4 is 0 Å². The van der Waals surface area contributed by atoms with Gasteiger partial charge >= 0.3 is 0 Å². The maximum atomic E-state index is 10.6. The van der Waals surface area contributed by atoms with Gasteiger partial charge in [0.25, 0.3) is 0 Å². The molecule has 152 valence electrons. The number of methoxy groups -OCH3 is 1. The second-order valence-corrected chi connectivity index (χ2v) is 7.46. The van der Waals surface area contributed by atoms with E-state index in [0.29, 0.717) is 6.54 Å². The quantitative estimate of drug-likeness (QED) is 0.679. The van der Waals surface area contributed by atoms with Gasteiger partial charge in [0.2, 0.25) is 0 Å². The van der Waals surface area contributed by atoms with Gasteiger partial charge in [-0.3, -0.25) is 4.90 Å². The van der Waals surface area contributed by atoms with Crippen molar-refractivity contribution < 1.29 is 19.3 Å². The normalized spacial score (nSPS) is 17.6. The average Bonchev–Trinajstić information content (AvgIpc) is 3.20. The summed E-state index contributed by atoms with van der Waals surface area (Å²) in [6.45, 7) is 5.36. The number of aliphatic hydroxyl groups excluding tert-OH is 1. The van der Waals surface area contributed by atoms with Crippen molar-refractivity contribution in [1.29, 1.82) is 0 Å². The minimum Gasteiger partial charge on any atom is -0.497 e. The van der Waals surface area contributed by atoms with Crippen LogP contribution in [-0.2, 0) is 11.3 Å². The van der Waals surface area contributed by atoms with Gasteiger partial charge in [0.1, 0.15) is 24.2 Å². The van der Waals surface area contributed by atoms with Gasteiger partial charge in [-0.25, -0.2) is 0 Å². The summed E-state index contributed by atoms with van der Waals surface area (Å²) in [6, 6.07) is 15.9. The minimum atomic E-state index is -0.576. The van der Waals surface area contributed by atoms with Crippen LogP contribution in [0.3, 0.4) is 0 Å². The number of aryl methyl sites for hydroxylation is 1. The van der Waals surface area contributed by atoms with Gasteiger partial charge in [0.15, 0.2) is 0 Å². The summed E-state index contributed by atoms with van der Waals surface area (Å²) in [5.41, 5.74) is 2.50. The summed E-state index contributed by atoms with van der Waals surface area (Å²) >= 11 is 0. The van der Waals surface area contributed by atoms with E-state index in [2.05, 4.69) is 36.1 Å². The van der Waals surface area contributed by atoms with E-state index in [1.165, 1.54) is 11.1 Å². The van der Waals surface area contributed by atoms with E-state index in [-0.39, 0.29) is 12.7 Å². The van der Waals surface area contributed by atoms with Gasteiger partial charge in [-0.2, -0.15) is 0 Å². The number of nitrogens with zero attached hydrogens (tertiary/aromatic N) is 1. The molecule has 2 aromatic rings. The summed E-state index contributed by atoms with van der Waals surface area (Å²) in [5, 5.41) is 10.6. The molecule has 1 fully saturated rings. The van der Waals surface area contributed by atoms with Gasteiger partial charge in [-0.05, 0) is 49.6 Å². The first-order valence-corrected chi connectivity index (χ1v) is 9.97. The molecule has 2 aromatic carbocycles. The summed E-state index contributed by atoms with van der Waals surface area (Å²) in [4.78, 5) is 2.27. The fraction of sp³-hybridized carbons (Fsp3) is 0.478. The molecule has 1 heterocycles. The third-order valence-corrected chi connectivity index (χ3v) is 4.95. The van der Waals surface area contributed by atoms with Gasteiger partial charge in [0.05, 0.1) is 13.2 Å². The van der Waals surface area contributed by atoms with Crippen molar-refractivity contribution in [2.75, 3.05) is 33.4 Å². The first kappa shape index (κ1) is 20.6. The molecule has 0 bridgehead atoms. The predicted octanol–water partition coefficient (Wildman–Crippen LogP) is 3.42. The van der Waals surface area contributed by atoms with E-state index >= 15 is 0 Å². The SMILES string of the molecule is COc1ccc(OC[C@H](O)CN(Cc2cccc(C)c2)C[C@@H]2CCCO2)cc1. The second-order valence-electron chi connectivity index (χ2n) is 7.46. The van der Waals surface area contributed by atoms with Crippen LogP contribution >= 0.6 is 0 Å². The Morgan fingerprint density at radius 1 is 1.18 bits per heavy atom.